The van der Waals surface area contributed by atoms with E-state index in [-0.39, 0.29) is 23.5 Å². The number of carbonyl (C=O) groups is 3. The standard InChI is InChI=1S/C21H16Cl2N4O4S/c1-11(31-16-7-6-12(22)10-15(16)23)18(28)24-21-26-25-17(32-21)8-9-27-19(29)13-4-2-3-5-14(13)20(27)30/h2-7,10-11H,8-9H2,1H3,(H,24,26,28). The first kappa shape index (κ1) is 22.2. The minimum Gasteiger partial charge on any atom is -0.479 e. The molecule has 3 amide bonds. The van der Waals surface area contributed by atoms with Gasteiger partial charge in [0, 0.05) is 18.0 Å². The van der Waals surface area contributed by atoms with Crippen molar-refractivity contribution in [3.63, 3.8) is 0 Å². The van der Waals surface area contributed by atoms with E-state index >= 15 is 0 Å². The van der Waals surface area contributed by atoms with Crippen LogP contribution >= 0.6 is 34.5 Å². The third kappa shape index (κ3) is 4.59. The first-order chi connectivity index (χ1) is 15.3. The number of aromatic nitrogens is 2. The minimum atomic E-state index is -0.848. The Labute approximate surface area is 197 Å². The molecule has 3 aromatic rings. The van der Waals surface area contributed by atoms with Crippen molar-refractivity contribution in [1.82, 2.24) is 15.1 Å². The zero-order valence-corrected chi connectivity index (χ0v) is 19.0. The normalized spacial score (nSPS) is 13.8. The molecule has 8 nitrogen and oxygen atoms in total. The molecule has 0 saturated heterocycles. The van der Waals surface area contributed by atoms with E-state index in [0.29, 0.717) is 38.4 Å². The minimum absolute atomic E-state index is 0.170. The molecule has 1 atom stereocenters. The maximum Gasteiger partial charge on any atom is 0.266 e. The monoisotopic (exact) mass is 490 g/mol. The molecule has 2 heterocycles. The molecule has 1 aliphatic heterocycles. The number of rotatable bonds is 7. The van der Waals surface area contributed by atoms with Gasteiger partial charge in [0.05, 0.1) is 16.1 Å². The molecule has 0 saturated carbocycles. The van der Waals surface area contributed by atoms with Crippen LogP contribution < -0.4 is 10.1 Å². The lowest BCUT2D eigenvalue weighted by molar-refractivity contribution is -0.122. The van der Waals surface area contributed by atoms with E-state index in [1.165, 1.54) is 11.0 Å². The summed E-state index contributed by atoms with van der Waals surface area (Å²) in [6.45, 7) is 1.74. The number of hydrogen-bond acceptors (Lipinski definition) is 7. The number of anilines is 1. The summed E-state index contributed by atoms with van der Waals surface area (Å²) < 4.78 is 5.58. The summed E-state index contributed by atoms with van der Waals surface area (Å²) in [5.41, 5.74) is 0.801. The fraction of sp³-hybridized carbons (Fsp3) is 0.190. The molecule has 0 fully saturated rings. The number of imide groups is 1. The van der Waals surface area contributed by atoms with Crippen molar-refractivity contribution in [2.75, 3.05) is 11.9 Å². The summed E-state index contributed by atoms with van der Waals surface area (Å²) in [6, 6.07) is 11.4. The maximum atomic E-state index is 12.4. The van der Waals surface area contributed by atoms with E-state index in [1.807, 2.05) is 0 Å². The molecular weight excluding hydrogens is 475 g/mol. The molecule has 0 spiro atoms. The van der Waals surface area contributed by atoms with Crippen LogP contribution in [0.1, 0.15) is 32.6 Å². The number of benzene rings is 2. The Hall–Kier alpha value is -3.01. The largest absolute Gasteiger partial charge is 0.479 e. The average molecular weight is 491 g/mol. The van der Waals surface area contributed by atoms with Crippen molar-refractivity contribution in [3.05, 3.63) is 68.6 Å². The maximum absolute atomic E-state index is 12.4. The van der Waals surface area contributed by atoms with E-state index < -0.39 is 12.0 Å². The molecule has 0 aliphatic carbocycles. The zero-order chi connectivity index (χ0) is 22.8. The highest BCUT2D eigenvalue weighted by Gasteiger charge is 2.34. The smallest absolute Gasteiger partial charge is 0.266 e. The number of amides is 3. The lowest BCUT2D eigenvalue weighted by Gasteiger charge is -2.14. The highest BCUT2D eigenvalue weighted by atomic mass is 35.5. The summed E-state index contributed by atoms with van der Waals surface area (Å²) in [5.74, 6) is -0.748. The van der Waals surface area contributed by atoms with Crippen LogP contribution in [0.15, 0.2) is 42.5 Å². The van der Waals surface area contributed by atoms with Gasteiger partial charge >= 0.3 is 0 Å². The molecule has 1 unspecified atom stereocenters. The number of ether oxygens (including phenoxy) is 1. The predicted molar refractivity (Wildman–Crippen MR) is 121 cm³/mol. The van der Waals surface area contributed by atoms with Crippen molar-refractivity contribution in [3.8, 4) is 5.75 Å². The Kier molecular flexibility index (Phi) is 6.40. The van der Waals surface area contributed by atoms with E-state index in [1.54, 1.807) is 43.3 Å². The number of hydrogen-bond donors (Lipinski definition) is 1. The van der Waals surface area contributed by atoms with Gasteiger partial charge < -0.3 is 4.74 Å². The fourth-order valence-corrected chi connectivity index (χ4v) is 4.26. The second-order valence-electron chi connectivity index (χ2n) is 6.88. The second kappa shape index (κ2) is 9.23. The molecule has 1 N–H and O–H groups in total. The molecule has 11 heteroatoms. The summed E-state index contributed by atoms with van der Waals surface area (Å²) in [5, 5.41) is 12.2. The number of halogens is 2. The van der Waals surface area contributed by atoms with Crippen molar-refractivity contribution in [1.29, 1.82) is 0 Å². The lowest BCUT2D eigenvalue weighted by atomic mass is 10.1. The zero-order valence-electron chi connectivity index (χ0n) is 16.7. The predicted octanol–water partition coefficient (Wildman–Crippen LogP) is 4.09. The van der Waals surface area contributed by atoms with E-state index in [9.17, 15) is 14.4 Å². The third-order valence-corrected chi connectivity index (χ3v) is 6.12. The van der Waals surface area contributed by atoms with Crippen molar-refractivity contribution in [2.45, 2.75) is 19.4 Å². The number of fused-ring (bicyclic) bond motifs is 1. The van der Waals surface area contributed by atoms with Gasteiger partial charge in [-0.1, -0.05) is 46.7 Å². The van der Waals surface area contributed by atoms with E-state index in [2.05, 4.69) is 15.5 Å². The molecular formula is C21H16Cl2N4O4S. The SMILES string of the molecule is CC(Oc1ccc(Cl)cc1Cl)C(=O)Nc1nnc(CCN2C(=O)c3ccccc3C2=O)s1. The molecule has 0 bridgehead atoms. The van der Waals surface area contributed by atoms with Crippen LogP contribution in [0.3, 0.4) is 0 Å². The Morgan fingerprint density at radius 3 is 2.47 bits per heavy atom. The molecule has 32 heavy (non-hydrogen) atoms. The Morgan fingerprint density at radius 1 is 1.12 bits per heavy atom. The van der Waals surface area contributed by atoms with Gasteiger partial charge in [-0.15, -0.1) is 10.2 Å². The number of nitrogens with one attached hydrogen (secondary N) is 1. The van der Waals surface area contributed by atoms with Crippen LogP contribution in [0, 0.1) is 0 Å². The quantitative estimate of drug-likeness (QED) is 0.500. The molecule has 1 aliphatic rings. The molecule has 164 valence electrons. The average Bonchev–Trinajstić information content (AvgIpc) is 3.31. The molecule has 0 radical (unpaired) electrons. The van der Waals surface area contributed by atoms with Gasteiger partial charge in [-0.25, -0.2) is 0 Å². The molecule has 2 aromatic carbocycles. The van der Waals surface area contributed by atoms with Crippen LogP contribution in [0.5, 0.6) is 5.75 Å². The molecule has 1 aromatic heterocycles. The van der Waals surface area contributed by atoms with Crippen molar-refractivity contribution >= 4 is 57.4 Å². The van der Waals surface area contributed by atoms with E-state index in [0.717, 1.165) is 11.3 Å². The van der Waals surface area contributed by atoms with Gasteiger partial charge in [0.2, 0.25) is 5.13 Å². The number of nitrogens with zero attached hydrogens (tertiary/aromatic N) is 3. The summed E-state index contributed by atoms with van der Waals surface area (Å²) in [6.07, 6.45) is -0.523. The lowest BCUT2D eigenvalue weighted by Crippen LogP contribution is -2.31. The highest BCUT2D eigenvalue weighted by molar-refractivity contribution is 7.15. The molecule has 4 rings (SSSR count). The van der Waals surface area contributed by atoms with Gasteiger partial charge in [0.1, 0.15) is 10.8 Å². The van der Waals surface area contributed by atoms with Gasteiger partial charge in [-0.05, 0) is 37.3 Å². The van der Waals surface area contributed by atoms with Crippen LogP contribution in [0.4, 0.5) is 5.13 Å². The van der Waals surface area contributed by atoms with Gasteiger partial charge in [-0.2, -0.15) is 0 Å². The first-order valence-electron chi connectivity index (χ1n) is 9.53. The van der Waals surface area contributed by atoms with Crippen molar-refractivity contribution in [2.24, 2.45) is 0 Å². The third-order valence-electron chi connectivity index (χ3n) is 4.69. The number of carbonyl (C=O) groups excluding carboxylic acids is 3. The highest BCUT2D eigenvalue weighted by Crippen LogP contribution is 2.29. The van der Waals surface area contributed by atoms with Gasteiger partial charge in [0.25, 0.3) is 17.7 Å². The summed E-state index contributed by atoms with van der Waals surface area (Å²) in [4.78, 5) is 38.5. The van der Waals surface area contributed by atoms with Gasteiger partial charge in [-0.3, -0.25) is 24.6 Å². The second-order valence-corrected chi connectivity index (χ2v) is 8.79. The Bertz CT molecular complexity index is 1180. The van der Waals surface area contributed by atoms with E-state index in [4.69, 9.17) is 27.9 Å². The Balaban J connectivity index is 1.32. The summed E-state index contributed by atoms with van der Waals surface area (Å²) >= 11 is 13.1. The topological polar surface area (TPSA) is 101 Å². The van der Waals surface area contributed by atoms with Gasteiger partial charge in [0.15, 0.2) is 6.10 Å². The van der Waals surface area contributed by atoms with Crippen molar-refractivity contribution < 1.29 is 19.1 Å². The van der Waals surface area contributed by atoms with Crippen LogP contribution in [-0.4, -0.2) is 45.5 Å². The Morgan fingerprint density at radius 2 is 1.81 bits per heavy atom. The van der Waals surface area contributed by atoms with Crippen LogP contribution in [0.2, 0.25) is 10.0 Å². The van der Waals surface area contributed by atoms with Crippen LogP contribution in [-0.2, 0) is 11.2 Å². The van der Waals surface area contributed by atoms with Crippen LogP contribution in [0.25, 0.3) is 0 Å². The fourth-order valence-electron chi connectivity index (χ4n) is 3.08. The summed E-state index contributed by atoms with van der Waals surface area (Å²) in [7, 11) is 0. The first-order valence-corrected chi connectivity index (χ1v) is 11.1.